The molecule has 1 N–H and O–H groups in total. The first-order valence-corrected chi connectivity index (χ1v) is 7.30. The van der Waals surface area contributed by atoms with E-state index in [1.54, 1.807) is 11.3 Å². The van der Waals surface area contributed by atoms with Gasteiger partial charge in [0.25, 0.3) is 0 Å². The van der Waals surface area contributed by atoms with Gasteiger partial charge in [-0.3, -0.25) is 0 Å². The molecule has 2 rings (SSSR count). The Bertz CT molecular complexity index is 521. The molecule has 5 heteroatoms. The molecular formula is C15H18F2N2S. The van der Waals surface area contributed by atoms with Crippen LogP contribution < -0.4 is 5.32 Å². The highest BCUT2D eigenvalue weighted by Crippen LogP contribution is 2.22. The van der Waals surface area contributed by atoms with Crippen LogP contribution in [0.3, 0.4) is 0 Å². The fourth-order valence-corrected chi connectivity index (χ4v) is 3.01. The Hall–Kier alpha value is -1.30. The smallest absolute Gasteiger partial charge is 0.126 e. The third-order valence-electron chi connectivity index (χ3n) is 3.08. The molecule has 1 atom stereocenters. The summed E-state index contributed by atoms with van der Waals surface area (Å²) in [6.45, 7) is 1.18. The SMILES string of the molecule is CN(C)C(CNCc1cc(F)cc(F)c1)c1cccs1. The fourth-order valence-electron chi connectivity index (χ4n) is 2.08. The van der Waals surface area contributed by atoms with Crippen molar-refractivity contribution >= 4 is 11.3 Å². The highest BCUT2D eigenvalue weighted by molar-refractivity contribution is 7.10. The summed E-state index contributed by atoms with van der Waals surface area (Å²) < 4.78 is 26.2. The lowest BCUT2D eigenvalue weighted by molar-refractivity contribution is 0.292. The largest absolute Gasteiger partial charge is 0.311 e. The second-order valence-corrected chi connectivity index (χ2v) is 5.88. The van der Waals surface area contributed by atoms with E-state index in [-0.39, 0.29) is 6.04 Å². The summed E-state index contributed by atoms with van der Waals surface area (Å²) in [5.41, 5.74) is 0.617. The van der Waals surface area contributed by atoms with Gasteiger partial charge in [-0.05, 0) is 43.2 Å². The first-order chi connectivity index (χ1) is 9.56. The minimum atomic E-state index is -0.538. The number of halogens is 2. The fraction of sp³-hybridized carbons (Fsp3) is 0.333. The molecule has 108 valence electrons. The number of rotatable bonds is 6. The number of benzene rings is 1. The molecule has 0 fully saturated rings. The van der Waals surface area contributed by atoms with Crippen LogP contribution in [0, 0.1) is 11.6 Å². The highest BCUT2D eigenvalue weighted by atomic mass is 32.1. The summed E-state index contributed by atoms with van der Waals surface area (Å²) in [4.78, 5) is 3.40. The predicted molar refractivity (Wildman–Crippen MR) is 78.8 cm³/mol. The van der Waals surface area contributed by atoms with Crippen molar-refractivity contribution in [1.29, 1.82) is 0 Å². The number of likely N-dealkylation sites (N-methyl/N-ethyl adjacent to an activating group) is 1. The zero-order valence-electron chi connectivity index (χ0n) is 11.6. The van der Waals surface area contributed by atoms with Crippen LogP contribution in [0.1, 0.15) is 16.5 Å². The third-order valence-corrected chi connectivity index (χ3v) is 4.06. The van der Waals surface area contributed by atoms with Gasteiger partial charge >= 0.3 is 0 Å². The van der Waals surface area contributed by atoms with E-state index >= 15 is 0 Å². The van der Waals surface area contributed by atoms with E-state index in [9.17, 15) is 8.78 Å². The molecule has 0 saturated carbocycles. The van der Waals surface area contributed by atoms with Crippen molar-refractivity contribution in [3.63, 3.8) is 0 Å². The van der Waals surface area contributed by atoms with Gasteiger partial charge in [0.15, 0.2) is 0 Å². The average molecular weight is 296 g/mol. The van der Waals surface area contributed by atoms with Crippen LogP contribution in [0.5, 0.6) is 0 Å². The van der Waals surface area contributed by atoms with Crippen LogP contribution in [0.15, 0.2) is 35.7 Å². The van der Waals surface area contributed by atoms with Gasteiger partial charge in [-0.1, -0.05) is 6.07 Å². The maximum absolute atomic E-state index is 13.1. The van der Waals surface area contributed by atoms with Crippen LogP contribution in [0.4, 0.5) is 8.78 Å². The number of nitrogens with zero attached hydrogens (tertiary/aromatic N) is 1. The molecule has 2 aromatic rings. The molecule has 1 aromatic carbocycles. The van der Waals surface area contributed by atoms with E-state index < -0.39 is 11.6 Å². The first kappa shape index (κ1) is 15.1. The molecular weight excluding hydrogens is 278 g/mol. The van der Waals surface area contributed by atoms with Crippen molar-refractivity contribution in [3.05, 3.63) is 57.8 Å². The summed E-state index contributed by atoms with van der Waals surface area (Å²) in [7, 11) is 4.04. The lowest BCUT2D eigenvalue weighted by atomic mass is 10.2. The zero-order chi connectivity index (χ0) is 14.5. The van der Waals surface area contributed by atoms with Crippen molar-refractivity contribution < 1.29 is 8.78 Å². The van der Waals surface area contributed by atoms with Gasteiger partial charge in [-0.2, -0.15) is 0 Å². The molecule has 1 heterocycles. The van der Waals surface area contributed by atoms with E-state index in [0.29, 0.717) is 12.1 Å². The van der Waals surface area contributed by atoms with Gasteiger partial charge in [-0.15, -0.1) is 11.3 Å². The monoisotopic (exact) mass is 296 g/mol. The second kappa shape index (κ2) is 6.92. The highest BCUT2D eigenvalue weighted by Gasteiger charge is 2.14. The summed E-state index contributed by atoms with van der Waals surface area (Å²) >= 11 is 1.71. The van der Waals surface area contributed by atoms with E-state index in [2.05, 4.69) is 16.3 Å². The number of thiophene rings is 1. The van der Waals surface area contributed by atoms with Gasteiger partial charge < -0.3 is 10.2 Å². The van der Waals surface area contributed by atoms with Gasteiger partial charge in [0.1, 0.15) is 11.6 Å². The van der Waals surface area contributed by atoms with E-state index in [1.165, 1.54) is 17.0 Å². The van der Waals surface area contributed by atoms with Gasteiger partial charge in [0.05, 0.1) is 6.04 Å². The lowest BCUT2D eigenvalue weighted by Gasteiger charge is -2.23. The van der Waals surface area contributed by atoms with Gasteiger partial charge in [-0.25, -0.2) is 8.78 Å². The van der Waals surface area contributed by atoms with Crippen molar-refractivity contribution in [2.24, 2.45) is 0 Å². The molecule has 20 heavy (non-hydrogen) atoms. The van der Waals surface area contributed by atoms with E-state index in [0.717, 1.165) is 12.6 Å². The van der Waals surface area contributed by atoms with Crippen molar-refractivity contribution in [2.75, 3.05) is 20.6 Å². The zero-order valence-corrected chi connectivity index (χ0v) is 12.4. The number of nitrogens with one attached hydrogen (secondary N) is 1. The van der Waals surface area contributed by atoms with Gasteiger partial charge in [0.2, 0.25) is 0 Å². The quantitative estimate of drug-likeness (QED) is 0.878. The average Bonchev–Trinajstić information content (AvgIpc) is 2.86. The minimum Gasteiger partial charge on any atom is -0.311 e. The third kappa shape index (κ3) is 4.10. The first-order valence-electron chi connectivity index (χ1n) is 6.42. The molecule has 0 aliphatic rings. The van der Waals surface area contributed by atoms with Crippen molar-refractivity contribution in [3.8, 4) is 0 Å². The second-order valence-electron chi connectivity index (χ2n) is 4.90. The molecule has 0 spiro atoms. The summed E-state index contributed by atoms with van der Waals surface area (Å²) in [6.07, 6.45) is 0. The molecule has 0 aliphatic heterocycles. The van der Waals surface area contributed by atoms with Crippen LogP contribution in [0.25, 0.3) is 0 Å². The van der Waals surface area contributed by atoms with Crippen LogP contribution in [-0.2, 0) is 6.54 Å². The maximum atomic E-state index is 13.1. The number of hydrogen-bond donors (Lipinski definition) is 1. The molecule has 1 aromatic heterocycles. The normalized spacial score (nSPS) is 12.8. The van der Waals surface area contributed by atoms with Crippen LogP contribution in [-0.4, -0.2) is 25.5 Å². The molecule has 0 aliphatic carbocycles. The molecule has 1 unspecified atom stereocenters. The summed E-state index contributed by atoms with van der Waals surface area (Å²) in [5.74, 6) is -1.08. The molecule has 2 nitrogen and oxygen atoms in total. The Labute approximate surface area is 122 Å². The Morgan fingerprint density at radius 1 is 1.20 bits per heavy atom. The Morgan fingerprint density at radius 2 is 1.90 bits per heavy atom. The maximum Gasteiger partial charge on any atom is 0.126 e. The Kier molecular flexibility index (Phi) is 5.23. The molecule has 0 radical (unpaired) electrons. The van der Waals surface area contributed by atoms with E-state index in [4.69, 9.17) is 0 Å². The number of hydrogen-bond acceptors (Lipinski definition) is 3. The minimum absolute atomic E-state index is 0.258. The Balaban J connectivity index is 1.93. The summed E-state index contributed by atoms with van der Waals surface area (Å²) in [5, 5.41) is 5.31. The molecule has 0 amide bonds. The molecule has 0 saturated heterocycles. The van der Waals surface area contributed by atoms with Crippen molar-refractivity contribution in [2.45, 2.75) is 12.6 Å². The standard InChI is InChI=1S/C15H18F2N2S/c1-19(2)14(15-4-3-5-20-15)10-18-9-11-6-12(16)8-13(17)7-11/h3-8,14,18H,9-10H2,1-2H3. The van der Waals surface area contributed by atoms with Crippen LogP contribution in [0.2, 0.25) is 0 Å². The van der Waals surface area contributed by atoms with Gasteiger partial charge in [0, 0.05) is 24.0 Å². The topological polar surface area (TPSA) is 15.3 Å². The van der Waals surface area contributed by atoms with Crippen molar-refractivity contribution in [1.82, 2.24) is 10.2 Å². The summed E-state index contributed by atoms with van der Waals surface area (Å²) in [6, 6.07) is 7.97. The van der Waals surface area contributed by atoms with Crippen LogP contribution >= 0.6 is 11.3 Å². The lowest BCUT2D eigenvalue weighted by Crippen LogP contribution is -2.30. The predicted octanol–water partition coefficient (Wildman–Crippen LogP) is 3.42. The molecule has 0 bridgehead atoms. The van der Waals surface area contributed by atoms with E-state index in [1.807, 2.05) is 25.5 Å². The Morgan fingerprint density at radius 3 is 2.45 bits per heavy atom.